The number of anilines is 1. The zero-order chi connectivity index (χ0) is 14.3. The molecule has 1 aromatic carbocycles. The van der Waals surface area contributed by atoms with Gasteiger partial charge in [0.1, 0.15) is 11.6 Å². The van der Waals surface area contributed by atoms with Gasteiger partial charge in [-0.25, -0.2) is 8.78 Å². The molecular formula is C14H14BrF2N3. The van der Waals surface area contributed by atoms with Crippen molar-refractivity contribution in [3.05, 3.63) is 45.7 Å². The molecule has 3 rings (SSSR count). The molecule has 1 aliphatic rings. The summed E-state index contributed by atoms with van der Waals surface area (Å²) in [5.41, 5.74) is 2.42. The number of nitrogens with one attached hydrogen (secondary N) is 1. The maximum Gasteiger partial charge on any atom is 0.147 e. The summed E-state index contributed by atoms with van der Waals surface area (Å²) in [5.74, 6) is -0.939. The van der Waals surface area contributed by atoms with Crippen LogP contribution in [0.5, 0.6) is 0 Å². The van der Waals surface area contributed by atoms with Crippen LogP contribution in [0, 0.1) is 11.6 Å². The third-order valence-electron chi connectivity index (χ3n) is 3.72. The molecule has 3 nitrogen and oxygen atoms in total. The molecule has 1 N–H and O–H groups in total. The van der Waals surface area contributed by atoms with Gasteiger partial charge in [0.2, 0.25) is 0 Å². The maximum absolute atomic E-state index is 13.9. The van der Waals surface area contributed by atoms with E-state index in [-0.39, 0.29) is 16.2 Å². The Bertz CT molecular complexity index is 654. The molecule has 1 unspecified atom stereocenters. The number of nitrogens with zero attached hydrogens (tertiary/aromatic N) is 2. The van der Waals surface area contributed by atoms with Crippen molar-refractivity contribution in [3.63, 3.8) is 0 Å². The third kappa shape index (κ3) is 2.32. The van der Waals surface area contributed by atoms with Crippen LogP contribution in [-0.4, -0.2) is 9.78 Å². The lowest BCUT2D eigenvalue weighted by molar-refractivity contribution is 0.560. The van der Waals surface area contributed by atoms with Crippen LogP contribution < -0.4 is 5.32 Å². The van der Waals surface area contributed by atoms with Crippen molar-refractivity contribution in [2.24, 2.45) is 7.05 Å². The van der Waals surface area contributed by atoms with Crippen molar-refractivity contribution >= 4 is 21.6 Å². The first-order chi connectivity index (χ1) is 9.56. The summed E-state index contributed by atoms with van der Waals surface area (Å²) in [4.78, 5) is 0. The molecule has 0 spiro atoms. The number of hydrogen-bond acceptors (Lipinski definition) is 2. The van der Waals surface area contributed by atoms with Crippen LogP contribution in [0.15, 0.2) is 22.8 Å². The Labute approximate surface area is 124 Å². The highest BCUT2D eigenvalue weighted by Gasteiger charge is 2.24. The smallest absolute Gasteiger partial charge is 0.147 e. The Hall–Kier alpha value is -1.43. The number of halogens is 3. The summed E-state index contributed by atoms with van der Waals surface area (Å²) in [6.07, 6.45) is 4.67. The first kappa shape index (κ1) is 13.5. The average Bonchev–Trinajstić information content (AvgIpc) is 2.79. The van der Waals surface area contributed by atoms with Gasteiger partial charge in [0.25, 0.3) is 0 Å². The number of hydrogen-bond donors (Lipinski definition) is 1. The molecule has 0 amide bonds. The second-order valence-corrected chi connectivity index (χ2v) is 5.86. The molecule has 0 radical (unpaired) electrons. The summed E-state index contributed by atoms with van der Waals surface area (Å²) in [7, 11) is 1.90. The Morgan fingerprint density at radius 2 is 2.15 bits per heavy atom. The Balaban J connectivity index is 1.91. The number of rotatable bonds is 2. The SMILES string of the molecule is Cn1ncc2c1CCCC2Nc1cc(F)c(Br)cc1F. The van der Waals surface area contributed by atoms with Crippen molar-refractivity contribution in [2.45, 2.75) is 25.3 Å². The van der Waals surface area contributed by atoms with Gasteiger partial charge < -0.3 is 5.32 Å². The lowest BCUT2D eigenvalue weighted by atomic mass is 9.93. The Kier molecular flexibility index (Phi) is 3.50. The van der Waals surface area contributed by atoms with Gasteiger partial charge >= 0.3 is 0 Å². The minimum Gasteiger partial charge on any atom is -0.376 e. The molecule has 2 aromatic rings. The highest BCUT2D eigenvalue weighted by Crippen LogP contribution is 2.33. The van der Waals surface area contributed by atoms with Crippen molar-refractivity contribution < 1.29 is 8.78 Å². The van der Waals surface area contributed by atoms with Crippen LogP contribution >= 0.6 is 15.9 Å². The fourth-order valence-corrected chi connectivity index (χ4v) is 2.99. The predicted octanol–water partition coefficient (Wildman–Crippen LogP) is 3.95. The van der Waals surface area contributed by atoms with Gasteiger partial charge in [-0.1, -0.05) is 0 Å². The normalized spacial score (nSPS) is 17.9. The number of aryl methyl sites for hydroxylation is 1. The molecule has 6 heteroatoms. The van der Waals surface area contributed by atoms with Crippen LogP contribution in [-0.2, 0) is 13.5 Å². The van der Waals surface area contributed by atoms with E-state index < -0.39 is 11.6 Å². The molecular weight excluding hydrogens is 328 g/mol. The lowest BCUT2D eigenvalue weighted by Crippen LogP contribution is -2.18. The molecule has 0 saturated carbocycles. The van der Waals surface area contributed by atoms with E-state index in [2.05, 4.69) is 26.3 Å². The zero-order valence-electron chi connectivity index (χ0n) is 11.0. The molecule has 1 aliphatic carbocycles. The van der Waals surface area contributed by atoms with Gasteiger partial charge in [0.05, 0.1) is 22.4 Å². The summed E-state index contributed by atoms with van der Waals surface area (Å²) in [6.45, 7) is 0. The van der Waals surface area contributed by atoms with Gasteiger partial charge in [-0.2, -0.15) is 5.10 Å². The van der Waals surface area contributed by atoms with E-state index in [1.54, 1.807) is 6.20 Å². The first-order valence-electron chi connectivity index (χ1n) is 6.48. The summed E-state index contributed by atoms with van der Waals surface area (Å²) in [6, 6.07) is 2.30. The quantitative estimate of drug-likeness (QED) is 0.838. The van der Waals surface area contributed by atoms with Gasteiger partial charge in [-0.3, -0.25) is 4.68 Å². The van der Waals surface area contributed by atoms with Crippen LogP contribution in [0.4, 0.5) is 14.5 Å². The summed E-state index contributed by atoms with van der Waals surface area (Å²) >= 11 is 2.98. The van der Waals surface area contributed by atoms with Gasteiger partial charge in [-0.15, -0.1) is 0 Å². The van der Waals surface area contributed by atoms with Gasteiger partial charge in [0, 0.05) is 24.4 Å². The third-order valence-corrected chi connectivity index (χ3v) is 4.32. The Morgan fingerprint density at radius 1 is 1.35 bits per heavy atom. The topological polar surface area (TPSA) is 29.9 Å². The van der Waals surface area contributed by atoms with Gasteiger partial charge in [-0.05, 0) is 41.3 Å². The van der Waals surface area contributed by atoms with E-state index in [9.17, 15) is 8.78 Å². The van der Waals surface area contributed by atoms with Crippen molar-refractivity contribution in [2.75, 3.05) is 5.32 Å². The van der Waals surface area contributed by atoms with E-state index in [0.29, 0.717) is 0 Å². The highest BCUT2D eigenvalue weighted by molar-refractivity contribution is 9.10. The molecule has 20 heavy (non-hydrogen) atoms. The molecule has 1 atom stereocenters. The summed E-state index contributed by atoms with van der Waals surface area (Å²) in [5, 5.41) is 7.34. The van der Waals surface area contributed by atoms with Crippen LogP contribution in [0.3, 0.4) is 0 Å². The monoisotopic (exact) mass is 341 g/mol. The second-order valence-electron chi connectivity index (χ2n) is 5.01. The van der Waals surface area contributed by atoms with Crippen molar-refractivity contribution in [1.82, 2.24) is 9.78 Å². The minimum absolute atomic E-state index is 0.0254. The molecule has 1 heterocycles. The fourth-order valence-electron chi connectivity index (χ4n) is 2.68. The lowest BCUT2D eigenvalue weighted by Gasteiger charge is -2.25. The van der Waals surface area contributed by atoms with E-state index in [4.69, 9.17) is 0 Å². The molecule has 106 valence electrons. The van der Waals surface area contributed by atoms with Crippen molar-refractivity contribution in [3.8, 4) is 0 Å². The number of fused-ring (bicyclic) bond motifs is 1. The largest absolute Gasteiger partial charge is 0.376 e. The van der Waals surface area contributed by atoms with E-state index in [0.717, 1.165) is 36.6 Å². The molecule has 0 saturated heterocycles. The number of benzene rings is 1. The molecule has 0 aliphatic heterocycles. The molecule has 0 fully saturated rings. The van der Waals surface area contributed by atoms with Crippen LogP contribution in [0.25, 0.3) is 0 Å². The first-order valence-corrected chi connectivity index (χ1v) is 7.27. The van der Waals surface area contributed by atoms with Crippen LogP contribution in [0.2, 0.25) is 0 Å². The highest BCUT2D eigenvalue weighted by atomic mass is 79.9. The summed E-state index contributed by atoms with van der Waals surface area (Å²) < 4.78 is 29.4. The average molecular weight is 342 g/mol. The van der Waals surface area contributed by atoms with Crippen LogP contribution in [0.1, 0.15) is 30.1 Å². The maximum atomic E-state index is 13.9. The van der Waals surface area contributed by atoms with Crippen molar-refractivity contribution in [1.29, 1.82) is 0 Å². The van der Waals surface area contributed by atoms with E-state index in [1.165, 1.54) is 6.07 Å². The zero-order valence-corrected chi connectivity index (χ0v) is 12.5. The fraction of sp³-hybridized carbons (Fsp3) is 0.357. The van der Waals surface area contributed by atoms with E-state index in [1.807, 2.05) is 11.7 Å². The number of aromatic nitrogens is 2. The van der Waals surface area contributed by atoms with Gasteiger partial charge in [0.15, 0.2) is 0 Å². The second kappa shape index (κ2) is 5.16. The standard InChI is InChI=1S/C14H14BrF2N3/c1-20-14-4-2-3-12(8(14)7-18-20)19-13-6-10(16)9(15)5-11(13)17/h5-7,12,19H,2-4H2,1H3. The van der Waals surface area contributed by atoms with E-state index >= 15 is 0 Å². The molecule has 1 aromatic heterocycles. The predicted molar refractivity (Wildman–Crippen MR) is 76.6 cm³/mol. The Morgan fingerprint density at radius 3 is 2.95 bits per heavy atom. The minimum atomic E-state index is -0.476. The molecule has 0 bridgehead atoms.